The first-order valence-electron chi connectivity index (χ1n) is 15.2. The average molecular weight is 562 g/mol. The minimum absolute atomic E-state index is 0.0455. The van der Waals surface area contributed by atoms with Crippen molar-refractivity contribution in [3.8, 4) is 5.75 Å². The normalized spacial score (nSPS) is 30.4. The van der Waals surface area contributed by atoms with Crippen LogP contribution < -0.4 is 10.1 Å². The Morgan fingerprint density at radius 2 is 1.76 bits per heavy atom. The Morgan fingerprint density at radius 3 is 2.59 bits per heavy atom. The molecule has 0 unspecified atom stereocenters. The first kappa shape index (κ1) is 27.5. The van der Waals surface area contributed by atoms with Gasteiger partial charge in [-0.05, 0) is 81.4 Å². The van der Waals surface area contributed by atoms with Crippen molar-refractivity contribution in [3.05, 3.63) is 42.1 Å². The van der Waals surface area contributed by atoms with Crippen molar-refractivity contribution < 1.29 is 29.0 Å². The van der Waals surface area contributed by atoms with E-state index in [1.165, 1.54) is 4.90 Å². The lowest BCUT2D eigenvalue weighted by Crippen LogP contribution is -2.55. The van der Waals surface area contributed by atoms with Crippen LogP contribution in [0.2, 0.25) is 0 Å². The summed E-state index contributed by atoms with van der Waals surface area (Å²) in [6.45, 7) is 0.121. The van der Waals surface area contributed by atoms with Gasteiger partial charge in [-0.2, -0.15) is 0 Å². The van der Waals surface area contributed by atoms with Crippen molar-refractivity contribution in [3.63, 3.8) is 0 Å². The number of carboxylic acids is 1. The Kier molecular flexibility index (Phi) is 8.12. The molecule has 9 nitrogen and oxygen atoms in total. The average Bonchev–Trinajstić information content (AvgIpc) is 3.73. The molecule has 218 valence electrons. The van der Waals surface area contributed by atoms with Crippen LogP contribution in [0.1, 0.15) is 76.3 Å². The molecule has 1 aromatic heterocycles. The summed E-state index contributed by atoms with van der Waals surface area (Å²) < 4.78 is 12.3. The van der Waals surface area contributed by atoms with Gasteiger partial charge < -0.3 is 24.8 Å². The van der Waals surface area contributed by atoms with E-state index in [2.05, 4.69) is 11.4 Å². The van der Waals surface area contributed by atoms with E-state index in [-0.39, 0.29) is 30.9 Å². The van der Waals surface area contributed by atoms with Crippen LogP contribution in [-0.2, 0) is 14.3 Å². The number of alkyl carbamates (subject to hydrolysis) is 1. The number of fused-ring (bicyclic) bond motifs is 5. The van der Waals surface area contributed by atoms with Crippen LogP contribution in [0.15, 0.2) is 36.4 Å². The van der Waals surface area contributed by atoms with Gasteiger partial charge in [0.25, 0.3) is 0 Å². The number of aromatic nitrogens is 1. The molecular formula is C32H39N3O6. The summed E-state index contributed by atoms with van der Waals surface area (Å²) in [5, 5.41) is 13.9. The highest BCUT2D eigenvalue weighted by molar-refractivity contribution is 5.90. The van der Waals surface area contributed by atoms with Gasteiger partial charge in [0, 0.05) is 11.8 Å². The maximum atomic E-state index is 14.0. The number of aliphatic carboxylic acids is 1. The van der Waals surface area contributed by atoms with E-state index in [4.69, 9.17) is 14.5 Å². The van der Waals surface area contributed by atoms with Gasteiger partial charge in [-0.3, -0.25) is 4.79 Å². The fraction of sp³-hybridized carbons (Fsp3) is 0.562. The maximum absolute atomic E-state index is 14.0. The lowest BCUT2D eigenvalue weighted by molar-refractivity contribution is -0.149. The second-order valence-corrected chi connectivity index (χ2v) is 12.0. The van der Waals surface area contributed by atoms with Crippen molar-refractivity contribution >= 4 is 34.9 Å². The molecule has 2 amide bonds. The highest BCUT2D eigenvalue weighted by Gasteiger charge is 2.45. The van der Waals surface area contributed by atoms with Crippen LogP contribution in [-0.4, -0.2) is 63.8 Å². The second kappa shape index (κ2) is 12.1. The summed E-state index contributed by atoms with van der Waals surface area (Å²) in [5.74, 6) is -0.616. The smallest absolute Gasteiger partial charge is 0.408 e. The number of benzene rings is 1. The third kappa shape index (κ3) is 6.04. The van der Waals surface area contributed by atoms with Crippen LogP contribution in [0.4, 0.5) is 4.79 Å². The Hall–Kier alpha value is -3.62. The molecule has 2 aliphatic carbocycles. The highest BCUT2D eigenvalue weighted by Crippen LogP contribution is 2.35. The zero-order chi connectivity index (χ0) is 28.3. The number of carbonyl (C=O) groups excluding carboxylic acids is 2. The van der Waals surface area contributed by atoms with E-state index in [1.54, 1.807) is 0 Å². The topological polar surface area (TPSA) is 118 Å². The van der Waals surface area contributed by atoms with Gasteiger partial charge in [0.2, 0.25) is 5.91 Å². The number of rotatable bonds is 2. The summed E-state index contributed by atoms with van der Waals surface area (Å²) in [6, 6.07) is 7.92. The Balaban J connectivity index is 1.34. The molecule has 3 fully saturated rings. The first-order valence-corrected chi connectivity index (χ1v) is 15.2. The number of para-hydroxylation sites is 1. The number of nitrogens with zero attached hydrogens (tertiary/aromatic N) is 2. The third-order valence-electron chi connectivity index (χ3n) is 9.32. The van der Waals surface area contributed by atoms with E-state index in [9.17, 15) is 19.5 Å². The third-order valence-corrected chi connectivity index (χ3v) is 9.32. The molecule has 2 N–H and O–H groups in total. The predicted octanol–water partition coefficient (Wildman–Crippen LogP) is 5.32. The molecule has 0 radical (unpaired) electrons. The number of nitrogens with one attached hydrogen (secondary N) is 1. The van der Waals surface area contributed by atoms with Crippen LogP contribution in [0.5, 0.6) is 5.75 Å². The van der Waals surface area contributed by atoms with Crippen molar-refractivity contribution in [2.45, 2.75) is 94.9 Å². The quantitative estimate of drug-likeness (QED) is 0.510. The van der Waals surface area contributed by atoms with Crippen molar-refractivity contribution in [2.75, 3.05) is 6.54 Å². The van der Waals surface area contributed by atoms with Gasteiger partial charge >= 0.3 is 12.1 Å². The highest BCUT2D eigenvalue weighted by atomic mass is 16.6. The molecule has 3 heterocycles. The SMILES string of the molecule is O=C1N[C@@H](C2CCCC2)C(=O)N2C[C@@H](C[C@H]2C(=O)O)Oc2cc3ccccc3nc2/C=C/CCC[C@H]2CCC[C@@H]2O1. The maximum Gasteiger partial charge on any atom is 0.408 e. The minimum Gasteiger partial charge on any atom is -0.486 e. The van der Waals surface area contributed by atoms with E-state index < -0.39 is 30.3 Å². The molecule has 0 spiro atoms. The van der Waals surface area contributed by atoms with E-state index in [1.807, 2.05) is 36.4 Å². The lowest BCUT2D eigenvalue weighted by Gasteiger charge is -2.31. The number of allylic oxidation sites excluding steroid dienone is 1. The molecule has 1 aromatic carbocycles. The van der Waals surface area contributed by atoms with E-state index >= 15 is 0 Å². The van der Waals surface area contributed by atoms with Gasteiger partial charge in [0.15, 0.2) is 0 Å². The summed E-state index contributed by atoms with van der Waals surface area (Å²) in [4.78, 5) is 45.7. The first-order chi connectivity index (χ1) is 20.0. The van der Waals surface area contributed by atoms with Crippen molar-refractivity contribution in [1.29, 1.82) is 0 Å². The molecule has 2 bridgehead atoms. The zero-order valence-corrected chi connectivity index (χ0v) is 23.4. The summed E-state index contributed by atoms with van der Waals surface area (Å²) >= 11 is 0. The zero-order valence-electron chi connectivity index (χ0n) is 23.4. The second-order valence-electron chi connectivity index (χ2n) is 12.0. The molecule has 6 rings (SSSR count). The number of ether oxygens (including phenoxy) is 2. The van der Waals surface area contributed by atoms with Crippen molar-refractivity contribution in [1.82, 2.24) is 15.2 Å². The monoisotopic (exact) mass is 561 g/mol. The van der Waals surface area contributed by atoms with Crippen molar-refractivity contribution in [2.24, 2.45) is 11.8 Å². The largest absolute Gasteiger partial charge is 0.486 e. The van der Waals surface area contributed by atoms with Gasteiger partial charge in [0.1, 0.15) is 35.7 Å². The Labute approximate surface area is 240 Å². The molecule has 2 aromatic rings. The number of carboxylic acid groups (broad SMARTS) is 1. The molecule has 2 saturated carbocycles. The van der Waals surface area contributed by atoms with Crippen LogP contribution in [0, 0.1) is 11.8 Å². The Bertz CT molecular complexity index is 1320. The number of hydrogen-bond donors (Lipinski definition) is 2. The fourth-order valence-corrected chi connectivity index (χ4v) is 7.20. The summed E-state index contributed by atoms with van der Waals surface area (Å²) in [7, 11) is 0. The molecule has 1 saturated heterocycles. The fourth-order valence-electron chi connectivity index (χ4n) is 7.20. The molecule has 5 atom stereocenters. The number of hydrogen-bond acceptors (Lipinski definition) is 6. The van der Waals surface area contributed by atoms with Crippen LogP contribution >= 0.6 is 0 Å². The molecule has 2 aliphatic heterocycles. The van der Waals surface area contributed by atoms with Gasteiger partial charge in [0.05, 0.1) is 12.1 Å². The number of carbonyl (C=O) groups is 3. The van der Waals surface area contributed by atoms with Gasteiger partial charge in [-0.25, -0.2) is 14.6 Å². The molecular weight excluding hydrogens is 522 g/mol. The van der Waals surface area contributed by atoms with Crippen LogP contribution in [0.3, 0.4) is 0 Å². The Morgan fingerprint density at radius 1 is 0.976 bits per heavy atom. The van der Waals surface area contributed by atoms with E-state index in [0.717, 1.165) is 75.1 Å². The summed E-state index contributed by atoms with van der Waals surface area (Å²) in [6.07, 6.45) is 12.2. The molecule has 4 aliphatic rings. The van der Waals surface area contributed by atoms with Gasteiger partial charge in [-0.15, -0.1) is 0 Å². The van der Waals surface area contributed by atoms with Crippen LogP contribution in [0.25, 0.3) is 17.0 Å². The number of pyridine rings is 1. The molecule has 41 heavy (non-hydrogen) atoms. The predicted molar refractivity (Wildman–Crippen MR) is 153 cm³/mol. The van der Waals surface area contributed by atoms with E-state index in [0.29, 0.717) is 17.4 Å². The molecule has 9 heteroatoms. The number of amides is 2. The van der Waals surface area contributed by atoms with Gasteiger partial charge in [-0.1, -0.05) is 37.1 Å². The lowest BCUT2D eigenvalue weighted by atomic mass is 9.96. The standard InChI is InChI=1S/C32H39N3O6/c36-30-29(21-10-4-5-11-21)34-32(39)41-27-16-8-13-20(27)9-2-1-3-15-25-28(17-22-12-6-7-14-24(22)33-25)40-23-18-26(31(37)38)35(30)19-23/h3,6-7,12,14-15,17,20-21,23,26-27,29H,1-2,4-5,8-11,13,16,18-19H2,(H,34,39)(H,37,38)/b15-3+/t20-,23+,26-,27-,29-/m0/s1. The summed E-state index contributed by atoms with van der Waals surface area (Å²) in [5.41, 5.74) is 1.55. The minimum atomic E-state index is -1.08.